The van der Waals surface area contributed by atoms with E-state index >= 15 is 0 Å². The molecule has 0 aliphatic carbocycles. The predicted octanol–water partition coefficient (Wildman–Crippen LogP) is 1.66. The molecule has 0 aliphatic rings. The fourth-order valence-corrected chi connectivity index (χ4v) is 1.15. The zero-order valence-corrected chi connectivity index (χ0v) is 9.46. The van der Waals surface area contributed by atoms with Crippen LogP contribution in [0.1, 0.15) is 5.56 Å². The lowest BCUT2D eigenvalue weighted by atomic mass is 10.1. The highest BCUT2D eigenvalue weighted by molar-refractivity contribution is 5.52. The van der Waals surface area contributed by atoms with Crippen molar-refractivity contribution in [3.05, 3.63) is 36.4 Å². The average molecular weight is 238 g/mol. The molecule has 0 bridgehead atoms. The van der Waals surface area contributed by atoms with Crippen LogP contribution in [0.3, 0.4) is 0 Å². The Labute approximate surface area is 99.3 Å². The number of methoxy groups -OCH3 is 1. The molecule has 1 N–H and O–H groups in total. The molecule has 0 heterocycles. The number of ether oxygens (including phenoxy) is 2. The minimum Gasteiger partial charge on any atom is -0.493 e. The van der Waals surface area contributed by atoms with E-state index in [9.17, 15) is 4.79 Å². The second kappa shape index (κ2) is 8.96. The van der Waals surface area contributed by atoms with Crippen LogP contribution in [0.2, 0.25) is 0 Å². The third-order valence-electron chi connectivity index (χ3n) is 1.78. The molecule has 1 aromatic rings. The Kier molecular flexibility index (Phi) is 7.75. The zero-order chi connectivity index (χ0) is 13.1. The van der Waals surface area contributed by atoms with Crippen molar-refractivity contribution in [2.45, 2.75) is 6.42 Å². The number of hydrogen-bond donors (Lipinski definition) is 1. The largest absolute Gasteiger partial charge is 0.493 e. The number of benzene rings is 1. The van der Waals surface area contributed by atoms with Crippen molar-refractivity contribution in [1.29, 1.82) is 0 Å². The maximum Gasteiger partial charge on any atom is 0.298 e. The Morgan fingerprint density at radius 1 is 1.35 bits per heavy atom. The van der Waals surface area contributed by atoms with Gasteiger partial charge in [0.1, 0.15) is 0 Å². The Hall–Kier alpha value is -2.30. The summed E-state index contributed by atoms with van der Waals surface area (Å²) in [6, 6.07) is 5.38. The van der Waals surface area contributed by atoms with Crippen LogP contribution < -0.4 is 9.47 Å². The zero-order valence-electron chi connectivity index (χ0n) is 9.46. The van der Waals surface area contributed by atoms with E-state index in [4.69, 9.17) is 19.4 Å². The van der Waals surface area contributed by atoms with E-state index in [1.165, 1.54) is 7.11 Å². The standard InChI is InChI=1S/C11H12O3.CH2O2/c1-3-4-9-5-6-10(14-8-12)11(7-9)13-2;2-1-3/h3,5-8H,1,4H2,2H3;1H,(H,2,3). The fraction of sp³-hybridized carbons (Fsp3) is 0.167. The van der Waals surface area contributed by atoms with Crippen LogP contribution in [0.25, 0.3) is 0 Å². The van der Waals surface area contributed by atoms with Gasteiger partial charge in [0.05, 0.1) is 7.11 Å². The van der Waals surface area contributed by atoms with E-state index in [1.54, 1.807) is 12.1 Å². The molecule has 17 heavy (non-hydrogen) atoms. The van der Waals surface area contributed by atoms with Crippen LogP contribution >= 0.6 is 0 Å². The average Bonchev–Trinajstić information content (AvgIpc) is 2.33. The van der Waals surface area contributed by atoms with Gasteiger partial charge in [0.2, 0.25) is 0 Å². The van der Waals surface area contributed by atoms with E-state index in [0.29, 0.717) is 18.0 Å². The van der Waals surface area contributed by atoms with Gasteiger partial charge in [-0.25, -0.2) is 0 Å². The normalized spacial score (nSPS) is 8.29. The highest BCUT2D eigenvalue weighted by atomic mass is 16.5. The molecule has 0 aromatic heterocycles. The molecule has 0 unspecified atom stereocenters. The Balaban J connectivity index is 0.000000770. The Bertz CT molecular complexity index is 373. The molecular weight excluding hydrogens is 224 g/mol. The molecule has 1 aromatic carbocycles. The van der Waals surface area contributed by atoms with Crippen molar-refractivity contribution in [3.63, 3.8) is 0 Å². The lowest BCUT2D eigenvalue weighted by Gasteiger charge is -2.07. The SMILES string of the molecule is C=CCc1ccc(OC=O)c(OC)c1.O=CO. The molecular formula is C12H14O5. The van der Waals surface area contributed by atoms with Crippen molar-refractivity contribution >= 4 is 12.9 Å². The molecule has 5 nitrogen and oxygen atoms in total. The molecule has 1 rings (SSSR count). The van der Waals surface area contributed by atoms with Gasteiger partial charge in [0.15, 0.2) is 11.5 Å². The molecule has 0 saturated heterocycles. The fourth-order valence-electron chi connectivity index (χ4n) is 1.15. The minimum atomic E-state index is -0.250. The van der Waals surface area contributed by atoms with Crippen LogP contribution in [0, 0.1) is 0 Å². The molecule has 0 saturated carbocycles. The van der Waals surface area contributed by atoms with Gasteiger partial charge in [-0.3, -0.25) is 9.59 Å². The van der Waals surface area contributed by atoms with Crippen LogP contribution in [-0.2, 0) is 16.0 Å². The molecule has 0 atom stereocenters. The van der Waals surface area contributed by atoms with E-state index in [0.717, 1.165) is 12.0 Å². The topological polar surface area (TPSA) is 72.8 Å². The van der Waals surface area contributed by atoms with E-state index in [2.05, 4.69) is 6.58 Å². The van der Waals surface area contributed by atoms with Gasteiger partial charge in [-0.05, 0) is 24.1 Å². The van der Waals surface area contributed by atoms with Crippen molar-refractivity contribution in [3.8, 4) is 11.5 Å². The quantitative estimate of drug-likeness (QED) is 0.623. The summed E-state index contributed by atoms with van der Waals surface area (Å²) in [6.07, 6.45) is 2.56. The first kappa shape index (κ1) is 14.7. The Morgan fingerprint density at radius 3 is 2.47 bits per heavy atom. The first-order valence-corrected chi connectivity index (χ1v) is 4.69. The van der Waals surface area contributed by atoms with Gasteiger partial charge in [-0.1, -0.05) is 12.1 Å². The summed E-state index contributed by atoms with van der Waals surface area (Å²) in [5.74, 6) is 0.978. The lowest BCUT2D eigenvalue weighted by molar-refractivity contribution is -0.123. The summed E-state index contributed by atoms with van der Waals surface area (Å²) in [6.45, 7) is 3.77. The van der Waals surface area contributed by atoms with Crippen molar-refractivity contribution in [2.24, 2.45) is 0 Å². The maximum atomic E-state index is 10.2. The first-order chi connectivity index (χ1) is 8.23. The highest BCUT2D eigenvalue weighted by Crippen LogP contribution is 2.27. The van der Waals surface area contributed by atoms with Gasteiger partial charge in [-0.2, -0.15) is 0 Å². The summed E-state index contributed by atoms with van der Waals surface area (Å²) in [5.41, 5.74) is 1.06. The number of carboxylic acid groups (broad SMARTS) is 1. The van der Waals surface area contributed by atoms with Crippen molar-refractivity contribution in [2.75, 3.05) is 7.11 Å². The van der Waals surface area contributed by atoms with Crippen molar-refractivity contribution < 1.29 is 24.2 Å². The van der Waals surface area contributed by atoms with E-state index in [-0.39, 0.29) is 6.47 Å². The summed E-state index contributed by atoms with van der Waals surface area (Å²) < 4.78 is 9.80. The Morgan fingerprint density at radius 2 is 2.00 bits per heavy atom. The smallest absolute Gasteiger partial charge is 0.298 e. The molecule has 0 aliphatic heterocycles. The van der Waals surface area contributed by atoms with E-state index < -0.39 is 0 Å². The van der Waals surface area contributed by atoms with Gasteiger partial charge >= 0.3 is 0 Å². The summed E-state index contributed by atoms with van der Waals surface area (Å²) in [4.78, 5) is 18.5. The van der Waals surface area contributed by atoms with Crippen LogP contribution in [0.5, 0.6) is 11.5 Å². The van der Waals surface area contributed by atoms with Crippen LogP contribution in [0.4, 0.5) is 0 Å². The number of rotatable bonds is 5. The third kappa shape index (κ3) is 5.36. The first-order valence-electron chi connectivity index (χ1n) is 4.69. The number of allylic oxidation sites excluding steroid dienone is 1. The summed E-state index contributed by atoms with van der Waals surface area (Å²) >= 11 is 0. The molecule has 0 amide bonds. The molecule has 92 valence electrons. The molecule has 0 radical (unpaired) electrons. The number of carbonyl (C=O) groups is 2. The molecule has 0 fully saturated rings. The second-order valence-corrected chi connectivity index (χ2v) is 2.80. The summed E-state index contributed by atoms with van der Waals surface area (Å²) in [7, 11) is 1.53. The second-order valence-electron chi connectivity index (χ2n) is 2.80. The van der Waals surface area contributed by atoms with Gasteiger partial charge in [0, 0.05) is 0 Å². The predicted molar refractivity (Wildman–Crippen MR) is 62.3 cm³/mol. The lowest BCUT2D eigenvalue weighted by Crippen LogP contribution is -1.94. The minimum absolute atomic E-state index is 0.250. The summed E-state index contributed by atoms with van der Waals surface area (Å²) in [5, 5.41) is 6.89. The van der Waals surface area contributed by atoms with Gasteiger partial charge in [-0.15, -0.1) is 6.58 Å². The maximum absolute atomic E-state index is 10.2. The van der Waals surface area contributed by atoms with Gasteiger partial charge in [0.25, 0.3) is 12.9 Å². The number of hydrogen-bond acceptors (Lipinski definition) is 4. The monoisotopic (exact) mass is 238 g/mol. The molecule has 0 spiro atoms. The number of carbonyl (C=O) groups excluding carboxylic acids is 1. The third-order valence-corrected chi connectivity index (χ3v) is 1.78. The molecule has 5 heteroatoms. The van der Waals surface area contributed by atoms with E-state index in [1.807, 2.05) is 12.1 Å². The van der Waals surface area contributed by atoms with Gasteiger partial charge < -0.3 is 14.6 Å². The highest BCUT2D eigenvalue weighted by Gasteiger charge is 2.04. The van der Waals surface area contributed by atoms with Crippen molar-refractivity contribution in [1.82, 2.24) is 0 Å². The van der Waals surface area contributed by atoms with Crippen LogP contribution in [0.15, 0.2) is 30.9 Å². The van der Waals surface area contributed by atoms with Crippen LogP contribution in [-0.4, -0.2) is 25.2 Å².